The first kappa shape index (κ1) is 15.3. The van der Waals surface area contributed by atoms with Gasteiger partial charge >= 0.3 is 0 Å². The first-order valence-electron chi connectivity index (χ1n) is 6.76. The van der Waals surface area contributed by atoms with Gasteiger partial charge in [-0.3, -0.25) is 4.79 Å². The molecule has 0 saturated heterocycles. The molecule has 0 atom stereocenters. The zero-order chi connectivity index (χ0) is 15.2. The van der Waals surface area contributed by atoms with E-state index in [1.54, 1.807) is 5.38 Å². The number of aromatic nitrogens is 1. The fraction of sp³-hybridized carbons (Fsp3) is 0.333. The molecule has 0 fully saturated rings. The Morgan fingerprint density at radius 2 is 2.19 bits per heavy atom. The predicted molar refractivity (Wildman–Crippen MR) is 85.6 cm³/mol. The van der Waals surface area contributed by atoms with Crippen molar-refractivity contribution in [1.29, 1.82) is 0 Å². The number of anilines is 2. The second-order valence-electron chi connectivity index (χ2n) is 5.10. The minimum atomic E-state index is -0.138. The van der Waals surface area contributed by atoms with Crippen LogP contribution in [0.5, 0.6) is 5.75 Å². The number of para-hydroxylation sites is 2. The third-order valence-corrected chi connectivity index (χ3v) is 3.37. The first-order chi connectivity index (χ1) is 10.0. The number of carbonyl (C=O) groups is 1. The van der Waals surface area contributed by atoms with Crippen molar-refractivity contribution in [1.82, 2.24) is 4.98 Å². The van der Waals surface area contributed by atoms with Crippen molar-refractivity contribution in [3.63, 3.8) is 0 Å². The number of benzene rings is 1. The summed E-state index contributed by atoms with van der Waals surface area (Å²) in [6.07, 6.45) is 0.201. The average Bonchev–Trinajstić information content (AvgIpc) is 2.83. The van der Waals surface area contributed by atoms with E-state index in [2.05, 4.69) is 24.1 Å². The molecule has 1 heterocycles. The van der Waals surface area contributed by atoms with Gasteiger partial charge in [-0.05, 0) is 18.1 Å². The van der Waals surface area contributed by atoms with Gasteiger partial charge in [-0.2, -0.15) is 0 Å². The van der Waals surface area contributed by atoms with Crippen molar-refractivity contribution in [2.45, 2.75) is 20.3 Å². The van der Waals surface area contributed by atoms with Crippen molar-refractivity contribution >= 4 is 28.1 Å². The maximum Gasteiger partial charge on any atom is 0.230 e. The number of nitrogens with one attached hydrogen (secondary N) is 1. The summed E-state index contributed by atoms with van der Waals surface area (Å²) in [7, 11) is 0. The Balaban J connectivity index is 1.99. The Morgan fingerprint density at radius 1 is 1.43 bits per heavy atom. The molecule has 1 aromatic heterocycles. The molecular weight excluding hydrogens is 286 g/mol. The fourth-order valence-corrected chi connectivity index (χ4v) is 2.28. The summed E-state index contributed by atoms with van der Waals surface area (Å²) in [5, 5.41) is 5.11. The van der Waals surface area contributed by atoms with Crippen LogP contribution in [-0.4, -0.2) is 17.5 Å². The second-order valence-corrected chi connectivity index (χ2v) is 5.99. The summed E-state index contributed by atoms with van der Waals surface area (Å²) in [5.41, 5.74) is 6.90. The Kier molecular flexibility index (Phi) is 5.16. The molecule has 21 heavy (non-hydrogen) atoms. The molecule has 2 aromatic rings. The second kappa shape index (κ2) is 7.08. The molecule has 0 aliphatic rings. The molecule has 6 heteroatoms. The van der Waals surface area contributed by atoms with Gasteiger partial charge < -0.3 is 15.8 Å². The molecular formula is C15H19N3O2S. The van der Waals surface area contributed by atoms with Gasteiger partial charge in [0.15, 0.2) is 5.13 Å². The van der Waals surface area contributed by atoms with Crippen LogP contribution in [-0.2, 0) is 11.2 Å². The number of amides is 1. The number of rotatable bonds is 6. The summed E-state index contributed by atoms with van der Waals surface area (Å²) < 4.78 is 5.71. The topological polar surface area (TPSA) is 77.2 Å². The number of thiazole rings is 1. The van der Waals surface area contributed by atoms with E-state index >= 15 is 0 Å². The van der Waals surface area contributed by atoms with E-state index in [1.165, 1.54) is 11.3 Å². The smallest absolute Gasteiger partial charge is 0.230 e. The molecule has 0 spiro atoms. The van der Waals surface area contributed by atoms with Gasteiger partial charge in [0.05, 0.1) is 24.4 Å². The van der Waals surface area contributed by atoms with E-state index in [4.69, 9.17) is 10.5 Å². The van der Waals surface area contributed by atoms with E-state index in [1.807, 2.05) is 24.3 Å². The molecule has 0 unspecified atom stereocenters. The Hall–Kier alpha value is -2.08. The quantitative estimate of drug-likeness (QED) is 0.860. The number of carbonyl (C=O) groups excluding carboxylic acids is 1. The zero-order valence-electron chi connectivity index (χ0n) is 12.1. The van der Waals surface area contributed by atoms with Gasteiger partial charge in [-0.15, -0.1) is 11.3 Å². The molecule has 3 N–H and O–H groups in total. The van der Waals surface area contributed by atoms with Crippen molar-refractivity contribution in [2.24, 2.45) is 5.92 Å². The van der Waals surface area contributed by atoms with E-state index in [9.17, 15) is 4.79 Å². The maximum atomic E-state index is 12.0. The molecule has 1 aromatic carbocycles. The van der Waals surface area contributed by atoms with Gasteiger partial charge in [0, 0.05) is 5.38 Å². The summed E-state index contributed by atoms with van der Waals surface area (Å²) in [5.74, 6) is 0.963. The van der Waals surface area contributed by atoms with Crippen LogP contribution in [0.15, 0.2) is 29.6 Å². The van der Waals surface area contributed by atoms with Gasteiger partial charge in [-0.25, -0.2) is 4.98 Å². The van der Waals surface area contributed by atoms with Gasteiger partial charge in [0.2, 0.25) is 5.91 Å². The Bertz CT molecular complexity index is 610. The summed E-state index contributed by atoms with van der Waals surface area (Å²) in [6.45, 7) is 4.76. The van der Waals surface area contributed by atoms with E-state index in [-0.39, 0.29) is 12.3 Å². The van der Waals surface area contributed by atoms with Crippen molar-refractivity contribution in [3.05, 3.63) is 35.3 Å². The Morgan fingerprint density at radius 3 is 2.86 bits per heavy atom. The molecule has 0 aliphatic carbocycles. The van der Waals surface area contributed by atoms with E-state index in [0.29, 0.717) is 34.8 Å². The lowest BCUT2D eigenvalue weighted by Gasteiger charge is -2.13. The SMILES string of the molecule is CC(C)COc1ccccc1NC(=O)Cc1csc(N)n1. The first-order valence-corrected chi connectivity index (χ1v) is 7.64. The van der Waals surface area contributed by atoms with Gasteiger partial charge in [-0.1, -0.05) is 26.0 Å². The lowest BCUT2D eigenvalue weighted by molar-refractivity contribution is -0.115. The number of hydrogen-bond donors (Lipinski definition) is 2. The van der Waals surface area contributed by atoms with Crippen LogP contribution in [0.2, 0.25) is 0 Å². The van der Waals surface area contributed by atoms with Crippen LogP contribution in [0.25, 0.3) is 0 Å². The molecule has 5 nitrogen and oxygen atoms in total. The highest BCUT2D eigenvalue weighted by Crippen LogP contribution is 2.24. The van der Waals surface area contributed by atoms with Gasteiger partial charge in [0.25, 0.3) is 0 Å². The average molecular weight is 305 g/mol. The number of hydrogen-bond acceptors (Lipinski definition) is 5. The lowest BCUT2D eigenvalue weighted by Crippen LogP contribution is -2.16. The molecule has 0 aliphatic heterocycles. The monoisotopic (exact) mass is 305 g/mol. The normalized spacial score (nSPS) is 10.6. The fourth-order valence-electron chi connectivity index (χ4n) is 1.71. The third kappa shape index (κ3) is 4.75. The molecule has 2 rings (SSSR count). The molecule has 112 valence electrons. The standard InChI is InChI=1S/C15H19N3O2S/c1-10(2)8-20-13-6-4-3-5-12(13)18-14(19)7-11-9-21-15(16)17-11/h3-6,9-10H,7-8H2,1-2H3,(H2,16,17)(H,18,19). The lowest BCUT2D eigenvalue weighted by atomic mass is 10.2. The maximum absolute atomic E-state index is 12.0. The van der Waals surface area contributed by atoms with Crippen molar-refractivity contribution < 1.29 is 9.53 Å². The summed E-state index contributed by atoms with van der Waals surface area (Å²) >= 11 is 1.33. The van der Waals surface area contributed by atoms with Crippen LogP contribution in [0, 0.1) is 5.92 Å². The van der Waals surface area contributed by atoms with Crippen LogP contribution in [0.1, 0.15) is 19.5 Å². The predicted octanol–water partition coefficient (Wildman–Crippen LogP) is 2.94. The van der Waals surface area contributed by atoms with Crippen LogP contribution < -0.4 is 15.8 Å². The highest BCUT2D eigenvalue weighted by atomic mass is 32.1. The van der Waals surface area contributed by atoms with Gasteiger partial charge in [0.1, 0.15) is 5.75 Å². The van der Waals surface area contributed by atoms with Crippen LogP contribution in [0.4, 0.5) is 10.8 Å². The van der Waals surface area contributed by atoms with Crippen LogP contribution >= 0.6 is 11.3 Å². The minimum Gasteiger partial charge on any atom is -0.491 e. The van der Waals surface area contributed by atoms with E-state index < -0.39 is 0 Å². The zero-order valence-corrected chi connectivity index (χ0v) is 12.9. The summed E-state index contributed by atoms with van der Waals surface area (Å²) in [6, 6.07) is 7.41. The highest BCUT2D eigenvalue weighted by Gasteiger charge is 2.10. The molecule has 0 saturated carbocycles. The van der Waals surface area contributed by atoms with Crippen molar-refractivity contribution in [3.8, 4) is 5.75 Å². The summed E-state index contributed by atoms with van der Waals surface area (Å²) in [4.78, 5) is 16.1. The molecule has 1 amide bonds. The minimum absolute atomic E-state index is 0.138. The van der Waals surface area contributed by atoms with E-state index in [0.717, 1.165) is 0 Å². The number of ether oxygens (including phenoxy) is 1. The number of nitrogen functional groups attached to an aromatic ring is 1. The van der Waals surface area contributed by atoms with Crippen molar-refractivity contribution in [2.75, 3.05) is 17.7 Å². The largest absolute Gasteiger partial charge is 0.491 e. The Labute approximate surface area is 128 Å². The van der Waals surface area contributed by atoms with Crippen LogP contribution in [0.3, 0.4) is 0 Å². The molecule has 0 radical (unpaired) electrons. The molecule has 0 bridgehead atoms. The third-order valence-electron chi connectivity index (χ3n) is 2.64. The number of nitrogens with zero attached hydrogens (tertiary/aromatic N) is 1. The number of nitrogens with two attached hydrogens (primary N) is 1. The highest BCUT2D eigenvalue weighted by molar-refractivity contribution is 7.13.